The maximum atomic E-state index is 11.4. The van der Waals surface area contributed by atoms with E-state index in [1.807, 2.05) is 11.5 Å². The van der Waals surface area contributed by atoms with Crippen molar-refractivity contribution in [3.63, 3.8) is 0 Å². The van der Waals surface area contributed by atoms with Crippen molar-refractivity contribution in [2.75, 3.05) is 0 Å². The predicted molar refractivity (Wildman–Crippen MR) is 39.0 cm³/mol. The van der Waals surface area contributed by atoms with E-state index in [0.29, 0.717) is 0 Å². The molecule has 4 rings (SSSR count). The van der Waals surface area contributed by atoms with E-state index in [0.717, 1.165) is 9.96 Å². The van der Waals surface area contributed by atoms with Gasteiger partial charge in [0.15, 0.2) is 0 Å². The molecule has 2 atom stereocenters. The van der Waals surface area contributed by atoms with E-state index in [-0.39, 0.29) is 7.03 Å². The van der Waals surface area contributed by atoms with Crippen molar-refractivity contribution in [3.05, 3.63) is 21.4 Å². The molecule has 4 aliphatic heterocycles. The molecule has 0 saturated carbocycles. The molecule has 0 amide bonds. The first kappa shape index (κ1) is 5.01. The van der Waals surface area contributed by atoms with Gasteiger partial charge in [0, 0.05) is 0 Å². The molecule has 4 aliphatic rings. The molecular weight excluding hydrogens is 174 g/mol. The zero-order valence-electron chi connectivity index (χ0n) is 4.27. The summed E-state index contributed by atoms with van der Waals surface area (Å²) in [6.07, 6.45) is -0.0582. The minimum atomic E-state index is -1.94. The first-order valence-corrected chi connectivity index (χ1v) is 7.91. The molecule has 0 spiro atoms. The molecule has 0 aliphatic carbocycles. The van der Waals surface area contributed by atoms with E-state index in [2.05, 4.69) is 0 Å². The van der Waals surface area contributed by atoms with Crippen LogP contribution in [0.5, 0.6) is 0 Å². The van der Waals surface area contributed by atoms with Crippen molar-refractivity contribution < 1.29 is 9.13 Å². The molecule has 0 radical (unpaired) electrons. The van der Waals surface area contributed by atoms with Crippen LogP contribution in [-0.2, 0) is 9.13 Å². The topological polar surface area (TPSA) is 34.1 Å². The Kier molecular flexibility index (Phi) is 0.541. The van der Waals surface area contributed by atoms with Gasteiger partial charge in [-0.25, -0.2) is 0 Å². The molecule has 0 aromatic rings. The monoisotopic (exact) mass is 176 g/mol. The molecule has 0 aromatic carbocycles. The van der Waals surface area contributed by atoms with Gasteiger partial charge in [-0.1, -0.05) is 0 Å². The fraction of sp³-hybridized carbons (Fsp3) is 0. The Morgan fingerprint density at radius 3 is 2.56 bits per heavy atom. The van der Waals surface area contributed by atoms with Crippen molar-refractivity contribution >= 4 is 22.0 Å². The van der Waals surface area contributed by atoms with Crippen LogP contribution in [0.2, 0.25) is 0 Å². The Morgan fingerprint density at radius 1 is 1.67 bits per heavy atom. The third-order valence-corrected chi connectivity index (χ3v) is 15.8. The second-order valence-electron chi connectivity index (χ2n) is 2.21. The Balaban J connectivity index is 2.78. The molecule has 2 bridgehead atoms. The summed E-state index contributed by atoms with van der Waals surface area (Å²) in [7, 11) is -1.13. The third kappa shape index (κ3) is 0.249. The van der Waals surface area contributed by atoms with Gasteiger partial charge in [-0.3, -0.25) is 0 Å². The van der Waals surface area contributed by atoms with Crippen LogP contribution >= 0.6 is 22.0 Å². The second kappa shape index (κ2) is 0.972. The molecule has 1 fully saturated rings. The Hall–Kier alpha value is 0.290. The third-order valence-electron chi connectivity index (χ3n) is 1.93. The van der Waals surface area contributed by atoms with Crippen molar-refractivity contribution in [2.24, 2.45) is 0 Å². The standard InChI is InChI=1S/C4H2O2P2S/c5-7-9-2-1-3-4(9)8(3,9)6/h1-2H. The van der Waals surface area contributed by atoms with E-state index < -0.39 is 15.0 Å². The molecule has 4 heterocycles. The summed E-state index contributed by atoms with van der Waals surface area (Å²) < 4.78 is 22.9. The molecule has 2 unspecified atom stereocenters. The van der Waals surface area contributed by atoms with Gasteiger partial charge in [-0.05, 0) is 0 Å². The molecule has 0 aromatic heterocycles. The summed E-state index contributed by atoms with van der Waals surface area (Å²) in [5.41, 5.74) is 0. The summed E-state index contributed by atoms with van der Waals surface area (Å²) in [6, 6.07) is 0. The molecular formula is C4H2O2P2S. The predicted octanol–water partition coefficient (Wildman–Crippen LogP) is 3.00. The van der Waals surface area contributed by atoms with Crippen LogP contribution < -0.4 is 0 Å². The fourth-order valence-corrected chi connectivity index (χ4v) is 16.0. The van der Waals surface area contributed by atoms with E-state index in [1.165, 1.54) is 0 Å². The van der Waals surface area contributed by atoms with E-state index >= 15 is 0 Å². The van der Waals surface area contributed by atoms with Gasteiger partial charge in [-0.15, -0.1) is 0 Å². The van der Waals surface area contributed by atoms with Crippen LogP contribution in [-0.4, -0.2) is 0 Å². The van der Waals surface area contributed by atoms with Crippen molar-refractivity contribution in [1.29, 1.82) is 0 Å². The van der Waals surface area contributed by atoms with Crippen molar-refractivity contribution in [2.45, 2.75) is 0 Å². The molecule has 46 valence electrons. The number of rotatable bonds is 0. The Morgan fingerprint density at radius 2 is 2.33 bits per heavy atom. The van der Waals surface area contributed by atoms with Crippen LogP contribution in [0, 0.1) is 0 Å². The SMILES string of the molecule is O=P#S12C=CC3=C1P32=O. The van der Waals surface area contributed by atoms with Gasteiger partial charge >= 0.3 is 52.6 Å². The molecule has 5 heteroatoms. The molecule has 9 heavy (non-hydrogen) atoms. The normalized spacial score (nSPS) is 55.6. The summed E-state index contributed by atoms with van der Waals surface area (Å²) in [4.78, 5) is 0. The molecule has 1 saturated heterocycles. The minimum absolute atomic E-state index is 0.113. The van der Waals surface area contributed by atoms with Gasteiger partial charge in [0.1, 0.15) is 0 Å². The van der Waals surface area contributed by atoms with Crippen LogP contribution in [0.1, 0.15) is 0 Å². The van der Waals surface area contributed by atoms with Gasteiger partial charge < -0.3 is 0 Å². The fourth-order valence-electron chi connectivity index (χ4n) is 1.33. The first-order valence-electron chi connectivity index (χ1n) is 2.49. The number of hydrogen-bond donors (Lipinski definition) is 0. The van der Waals surface area contributed by atoms with Gasteiger partial charge in [0.2, 0.25) is 0 Å². The van der Waals surface area contributed by atoms with E-state index in [1.54, 1.807) is 0 Å². The van der Waals surface area contributed by atoms with E-state index in [9.17, 15) is 9.13 Å². The molecule has 0 N–H and O–H groups in total. The summed E-state index contributed by atoms with van der Waals surface area (Å²) >= 11 is 0. The van der Waals surface area contributed by atoms with Crippen molar-refractivity contribution in [3.8, 4) is 0 Å². The van der Waals surface area contributed by atoms with Crippen molar-refractivity contribution in [1.82, 2.24) is 0 Å². The average Bonchev–Trinajstić information content (AvgIpc) is 2.55. The van der Waals surface area contributed by atoms with Crippen LogP contribution in [0.3, 0.4) is 0 Å². The van der Waals surface area contributed by atoms with E-state index in [4.69, 9.17) is 0 Å². The maximum absolute atomic E-state index is 11.4. The van der Waals surface area contributed by atoms with Gasteiger partial charge in [-0.2, -0.15) is 0 Å². The Labute approximate surface area is 53.1 Å². The quantitative estimate of drug-likeness (QED) is 0.420. The van der Waals surface area contributed by atoms with Crippen LogP contribution in [0.25, 0.3) is 0 Å². The zero-order valence-corrected chi connectivity index (χ0v) is 6.88. The van der Waals surface area contributed by atoms with Gasteiger partial charge in [0.05, 0.1) is 0 Å². The summed E-state index contributed by atoms with van der Waals surface area (Å²) in [6.45, 7) is 0. The van der Waals surface area contributed by atoms with Gasteiger partial charge in [0.25, 0.3) is 0 Å². The van der Waals surface area contributed by atoms with Crippen LogP contribution in [0.15, 0.2) is 21.4 Å². The first-order chi connectivity index (χ1) is 4.27. The zero-order chi connectivity index (χ0) is 6.28. The number of allylic oxidation sites excluding steroid dienone is 2. The van der Waals surface area contributed by atoms with Crippen LogP contribution in [0.4, 0.5) is 0 Å². The number of hydrogen-bond acceptors (Lipinski definition) is 2. The average molecular weight is 176 g/mol. The second-order valence-corrected chi connectivity index (χ2v) is 12.9. The molecule has 2 nitrogen and oxygen atoms in total. The summed E-state index contributed by atoms with van der Waals surface area (Å²) in [5, 5.41) is 2.94. The summed E-state index contributed by atoms with van der Waals surface area (Å²) in [5.74, 6) is 0. The Bertz CT molecular complexity index is 500.